The quantitative estimate of drug-likeness (QED) is 0.246. The molecule has 0 spiro atoms. The highest BCUT2D eigenvalue weighted by atomic mass is 32.2. The summed E-state index contributed by atoms with van der Waals surface area (Å²) in [5, 5.41) is 9.60. The summed E-state index contributed by atoms with van der Waals surface area (Å²) in [5.41, 5.74) is -3.58. The first kappa shape index (κ1) is 29.1. The predicted octanol–water partition coefficient (Wildman–Crippen LogP) is 5.94. The minimum atomic E-state index is -5.15. The fraction of sp³-hybridized carbons (Fsp3) is 0.192. The highest BCUT2D eigenvalue weighted by Gasteiger charge is 2.39. The molecule has 3 aromatic carbocycles. The first-order chi connectivity index (χ1) is 18.8. The number of nitrogens with two attached hydrogens (primary N) is 1. The van der Waals surface area contributed by atoms with Crippen molar-refractivity contribution in [2.75, 3.05) is 13.7 Å². The molecule has 1 aromatic heterocycles. The Morgan fingerprint density at radius 1 is 1.00 bits per heavy atom. The van der Waals surface area contributed by atoms with Crippen molar-refractivity contribution in [3.05, 3.63) is 78.2 Å². The van der Waals surface area contributed by atoms with Gasteiger partial charge >= 0.3 is 12.8 Å². The molecule has 0 saturated carbocycles. The number of primary sulfonamides is 1. The van der Waals surface area contributed by atoms with E-state index < -0.39 is 56.0 Å². The summed E-state index contributed by atoms with van der Waals surface area (Å²) < 4.78 is 121. The summed E-state index contributed by atoms with van der Waals surface area (Å²) in [6, 6.07) is 10.8. The molecule has 40 heavy (non-hydrogen) atoms. The third kappa shape index (κ3) is 6.13. The van der Waals surface area contributed by atoms with Crippen LogP contribution in [-0.4, -0.2) is 38.5 Å². The number of hydrogen-bond donors (Lipinski definition) is 1. The van der Waals surface area contributed by atoms with Gasteiger partial charge in [-0.3, -0.25) is 4.68 Å². The number of methoxy groups -OCH3 is 1. The molecule has 14 heteroatoms. The maximum atomic E-state index is 14.3. The fourth-order valence-corrected chi connectivity index (χ4v) is 4.98. The van der Waals surface area contributed by atoms with Crippen molar-refractivity contribution in [2.45, 2.75) is 24.2 Å². The molecule has 0 fully saturated rings. The average molecular weight is 586 g/mol. The van der Waals surface area contributed by atoms with Crippen LogP contribution in [0.5, 0.6) is 5.75 Å². The zero-order chi connectivity index (χ0) is 29.2. The summed E-state index contributed by atoms with van der Waals surface area (Å²) >= 11 is 0. The van der Waals surface area contributed by atoms with Crippen LogP contribution in [0.25, 0.3) is 33.5 Å². The lowest BCUT2D eigenvalue weighted by molar-refractivity contribution is -0.137. The number of halogens is 6. The number of benzene rings is 3. The average Bonchev–Trinajstić information content (AvgIpc) is 3.34. The van der Waals surface area contributed by atoms with Crippen molar-refractivity contribution in [2.24, 2.45) is 5.14 Å². The minimum Gasteiger partial charge on any atom is -0.433 e. The highest BCUT2D eigenvalue weighted by molar-refractivity contribution is 7.89. The van der Waals surface area contributed by atoms with E-state index in [1.165, 1.54) is 48.3 Å². The molecule has 2 N–H and O–H groups in total. The lowest BCUT2D eigenvalue weighted by Crippen LogP contribution is -2.18. The molecule has 4 aromatic rings. The van der Waals surface area contributed by atoms with Crippen molar-refractivity contribution >= 4 is 10.0 Å². The van der Waals surface area contributed by atoms with E-state index >= 15 is 0 Å². The van der Waals surface area contributed by atoms with Gasteiger partial charge < -0.3 is 9.47 Å². The number of rotatable bonds is 9. The molecule has 0 radical (unpaired) electrons. The van der Waals surface area contributed by atoms with E-state index in [-0.39, 0.29) is 35.5 Å². The van der Waals surface area contributed by atoms with Gasteiger partial charge in [-0.15, -0.1) is 0 Å². The monoisotopic (exact) mass is 585 g/mol. The van der Waals surface area contributed by atoms with Crippen LogP contribution in [0.4, 0.5) is 26.3 Å². The zero-order valence-corrected chi connectivity index (χ0v) is 21.4. The van der Waals surface area contributed by atoms with Crippen molar-refractivity contribution in [1.29, 1.82) is 0 Å². The van der Waals surface area contributed by atoms with E-state index in [2.05, 4.69) is 5.10 Å². The van der Waals surface area contributed by atoms with Crippen molar-refractivity contribution in [3.8, 4) is 39.3 Å². The van der Waals surface area contributed by atoms with Crippen LogP contribution in [0.1, 0.15) is 5.56 Å². The van der Waals surface area contributed by atoms with Gasteiger partial charge in [-0.05, 0) is 42.0 Å². The van der Waals surface area contributed by atoms with Crippen molar-refractivity contribution < 1.29 is 44.2 Å². The Balaban J connectivity index is 2.20. The third-order valence-electron chi connectivity index (χ3n) is 5.83. The largest absolute Gasteiger partial charge is 0.433 e. The van der Waals surface area contributed by atoms with E-state index in [1.54, 1.807) is 0 Å². The van der Waals surface area contributed by atoms with Gasteiger partial charge in [0, 0.05) is 35.6 Å². The Bertz CT molecular complexity index is 1640. The maximum absolute atomic E-state index is 14.3. The van der Waals surface area contributed by atoms with Gasteiger partial charge in [-0.25, -0.2) is 17.9 Å². The van der Waals surface area contributed by atoms with Gasteiger partial charge in [0.15, 0.2) is 0 Å². The molecule has 0 aliphatic heterocycles. The van der Waals surface area contributed by atoms with E-state index in [9.17, 15) is 34.8 Å². The second-order valence-electron chi connectivity index (χ2n) is 8.43. The lowest BCUT2D eigenvalue weighted by Gasteiger charge is -2.23. The SMILES string of the molecule is COCCn1ccc(-c2ccc(-c3cccc(F)c3)c(OC(F)F)c2-c2c(C(F)(F)F)cccc2S(N)(=O)=O)n1. The Kier molecular flexibility index (Phi) is 8.23. The Labute approximate surface area is 224 Å². The number of ether oxygens (including phenoxy) is 2. The fourth-order valence-electron chi connectivity index (χ4n) is 4.22. The van der Waals surface area contributed by atoms with Gasteiger partial charge in [-0.2, -0.15) is 27.1 Å². The molecule has 212 valence electrons. The van der Waals surface area contributed by atoms with Crippen LogP contribution in [0, 0.1) is 5.82 Å². The molecule has 0 aliphatic rings. The first-order valence-electron chi connectivity index (χ1n) is 11.4. The van der Waals surface area contributed by atoms with Crippen LogP contribution in [-0.2, 0) is 27.5 Å². The maximum Gasteiger partial charge on any atom is 0.417 e. The number of aromatic nitrogens is 2. The van der Waals surface area contributed by atoms with Gasteiger partial charge in [0.05, 0.1) is 29.3 Å². The van der Waals surface area contributed by atoms with Crippen molar-refractivity contribution in [1.82, 2.24) is 9.78 Å². The number of hydrogen-bond acceptors (Lipinski definition) is 5. The molecule has 0 saturated heterocycles. The smallest absolute Gasteiger partial charge is 0.417 e. The molecule has 7 nitrogen and oxygen atoms in total. The summed E-state index contributed by atoms with van der Waals surface area (Å²) in [4.78, 5) is -0.988. The molecular weight excluding hydrogens is 564 g/mol. The normalized spacial score (nSPS) is 12.2. The Morgan fingerprint density at radius 2 is 1.70 bits per heavy atom. The summed E-state index contributed by atoms with van der Waals surface area (Å²) in [7, 11) is -3.40. The molecule has 1 heterocycles. The summed E-state index contributed by atoms with van der Waals surface area (Å²) in [6.45, 7) is -3.08. The highest BCUT2D eigenvalue weighted by Crippen LogP contribution is 2.50. The van der Waals surface area contributed by atoms with E-state index in [1.807, 2.05) is 0 Å². The summed E-state index contributed by atoms with van der Waals surface area (Å²) in [5.74, 6) is -1.59. The first-order valence-corrected chi connectivity index (χ1v) is 13.0. The summed E-state index contributed by atoms with van der Waals surface area (Å²) in [6.07, 6.45) is -3.68. The van der Waals surface area contributed by atoms with Crippen LogP contribution in [0.2, 0.25) is 0 Å². The van der Waals surface area contributed by atoms with E-state index in [0.717, 1.165) is 24.3 Å². The van der Waals surface area contributed by atoms with Crippen LogP contribution < -0.4 is 9.88 Å². The standard InChI is InChI=1S/C26H21F6N3O4S/c1-38-13-12-35-11-10-20(34-35)18-9-8-17(15-4-2-5-16(27)14-15)24(39-25(28)29)22(18)23-19(26(30,31)32)6-3-7-21(23)40(33,36)37/h2-11,14,25H,12-13H2,1H3,(H2,33,36,37). The molecule has 0 bridgehead atoms. The minimum absolute atomic E-state index is 0.00774. The predicted molar refractivity (Wildman–Crippen MR) is 133 cm³/mol. The molecular formula is C26H21F6N3O4S. The van der Waals surface area contributed by atoms with Crippen molar-refractivity contribution in [3.63, 3.8) is 0 Å². The number of nitrogens with zero attached hydrogens (tertiary/aromatic N) is 2. The Hall–Kier alpha value is -3.88. The van der Waals surface area contributed by atoms with Gasteiger partial charge in [0.1, 0.15) is 11.6 Å². The van der Waals surface area contributed by atoms with Crippen LogP contribution in [0.15, 0.2) is 71.8 Å². The zero-order valence-electron chi connectivity index (χ0n) is 20.6. The Morgan fingerprint density at radius 3 is 2.33 bits per heavy atom. The van der Waals surface area contributed by atoms with Gasteiger partial charge in [0.25, 0.3) is 0 Å². The third-order valence-corrected chi connectivity index (χ3v) is 6.78. The van der Waals surface area contributed by atoms with Gasteiger partial charge in [-0.1, -0.05) is 24.3 Å². The lowest BCUT2D eigenvalue weighted by atomic mass is 9.89. The molecule has 0 amide bonds. The number of alkyl halides is 5. The van der Waals surface area contributed by atoms with E-state index in [0.29, 0.717) is 6.07 Å². The molecule has 4 rings (SSSR count). The molecule has 0 unspecified atom stereocenters. The number of sulfonamides is 1. The van der Waals surface area contributed by atoms with Crippen LogP contribution in [0.3, 0.4) is 0 Å². The molecule has 0 atom stereocenters. The van der Waals surface area contributed by atoms with Gasteiger partial charge in [0.2, 0.25) is 10.0 Å². The van der Waals surface area contributed by atoms with E-state index in [4.69, 9.17) is 14.6 Å². The topological polar surface area (TPSA) is 96.4 Å². The second-order valence-corrected chi connectivity index (χ2v) is 9.96. The second kappa shape index (κ2) is 11.3. The van der Waals surface area contributed by atoms with Crippen LogP contribution >= 0.6 is 0 Å². The molecule has 0 aliphatic carbocycles.